The molecule has 2 aromatic carbocycles. The molecule has 0 aliphatic rings. The molecular formula is C23H22N2O5. The van der Waals surface area contributed by atoms with Crippen LogP contribution in [0.25, 0.3) is 0 Å². The number of amides is 1. The van der Waals surface area contributed by atoms with Crippen molar-refractivity contribution >= 4 is 18.2 Å². The van der Waals surface area contributed by atoms with Crippen LogP contribution in [0, 0.1) is 6.92 Å². The zero-order valence-electron chi connectivity index (χ0n) is 17.0. The van der Waals surface area contributed by atoms with E-state index in [0.717, 1.165) is 5.56 Å². The molecule has 3 rings (SSSR count). The first-order chi connectivity index (χ1) is 14.4. The Morgan fingerprint density at radius 1 is 1.17 bits per heavy atom. The van der Waals surface area contributed by atoms with Crippen molar-refractivity contribution in [3.05, 3.63) is 83.1 Å². The van der Waals surface area contributed by atoms with Crippen LogP contribution in [-0.4, -0.2) is 35.1 Å². The molecule has 1 atom stereocenters. The van der Waals surface area contributed by atoms with Gasteiger partial charge in [-0.1, -0.05) is 30.3 Å². The Labute approximate surface area is 174 Å². The fraction of sp³-hybridized carbons (Fsp3) is 0.217. The van der Waals surface area contributed by atoms with Crippen LogP contribution in [0.15, 0.2) is 59.1 Å². The van der Waals surface area contributed by atoms with Crippen LogP contribution in [-0.2, 0) is 11.2 Å². The van der Waals surface area contributed by atoms with Gasteiger partial charge < -0.3 is 14.1 Å². The van der Waals surface area contributed by atoms with E-state index >= 15 is 0 Å². The topological polar surface area (TPSA) is 89.7 Å². The minimum atomic E-state index is -0.495. The molecule has 7 heteroatoms. The Hall–Kier alpha value is -3.74. The summed E-state index contributed by atoms with van der Waals surface area (Å²) in [6.45, 7) is 3.12. The number of ether oxygens (including phenoxy) is 1. The lowest BCUT2D eigenvalue weighted by Crippen LogP contribution is -2.33. The lowest BCUT2D eigenvalue weighted by atomic mass is 10.0. The summed E-state index contributed by atoms with van der Waals surface area (Å²) in [6, 6.07) is 13.2. The first-order valence-electron chi connectivity index (χ1n) is 9.40. The number of nitrogens with zero attached hydrogens (tertiary/aromatic N) is 2. The van der Waals surface area contributed by atoms with Gasteiger partial charge in [-0.3, -0.25) is 14.4 Å². The third-order valence-electron chi connectivity index (χ3n) is 4.64. The number of esters is 1. The summed E-state index contributed by atoms with van der Waals surface area (Å²) in [7, 11) is 1.65. The number of benzene rings is 2. The molecule has 3 aromatic rings. The molecule has 0 aliphatic heterocycles. The highest BCUT2D eigenvalue weighted by Crippen LogP contribution is 2.27. The van der Waals surface area contributed by atoms with Gasteiger partial charge in [0.25, 0.3) is 5.91 Å². The smallest absolute Gasteiger partial charge is 0.308 e. The Morgan fingerprint density at radius 3 is 2.47 bits per heavy atom. The third-order valence-corrected chi connectivity index (χ3v) is 4.64. The van der Waals surface area contributed by atoms with Gasteiger partial charge in [0.2, 0.25) is 5.89 Å². The van der Waals surface area contributed by atoms with Gasteiger partial charge in [0, 0.05) is 26.0 Å². The summed E-state index contributed by atoms with van der Waals surface area (Å²) in [5.74, 6) is 0.773. The lowest BCUT2D eigenvalue weighted by molar-refractivity contribution is -0.131. The second-order valence-electron chi connectivity index (χ2n) is 6.89. The molecule has 0 bridgehead atoms. The zero-order valence-corrected chi connectivity index (χ0v) is 17.0. The molecule has 0 spiro atoms. The van der Waals surface area contributed by atoms with Crippen molar-refractivity contribution in [2.24, 2.45) is 0 Å². The van der Waals surface area contributed by atoms with Crippen LogP contribution in [0.4, 0.5) is 0 Å². The van der Waals surface area contributed by atoms with Crippen molar-refractivity contribution in [3.63, 3.8) is 0 Å². The number of aryl methyl sites for hydroxylation is 1. The minimum absolute atomic E-state index is 0.310. The fourth-order valence-corrected chi connectivity index (χ4v) is 3.13. The van der Waals surface area contributed by atoms with Crippen LogP contribution in [0.2, 0.25) is 0 Å². The van der Waals surface area contributed by atoms with E-state index in [-0.39, 0.29) is 5.91 Å². The third kappa shape index (κ3) is 4.81. The average Bonchev–Trinajstić information content (AvgIpc) is 3.17. The zero-order chi connectivity index (χ0) is 21.7. The maximum atomic E-state index is 13.2. The number of hydrogen-bond donors (Lipinski definition) is 0. The molecule has 154 valence electrons. The maximum absolute atomic E-state index is 13.2. The summed E-state index contributed by atoms with van der Waals surface area (Å²) in [5, 5.41) is 0. The van der Waals surface area contributed by atoms with Gasteiger partial charge >= 0.3 is 5.97 Å². The van der Waals surface area contributed by atoms with E-state index in [9.17, 15) is 14.4 Å². The molecule has 30 heavy (non-hydrogen) atoms. The van der Waals surface area contributed by atoms with Gasteiger partial charge in [-0.2, -0.15) is 0 Å². The van der Waals surface area contributed by atoms with Gasteiger partial charge in [-0.15, -0.1) is 0 Å². The van der Waals surface area contributed by atoms with Crippen molar-refractivity contribution in [3.8, 4) is 5.75 Å². The highest BCUT2D eigenvalue weighted by Gasteiger charge is 2.28. The van der Waals surface area contributed by atoms with Crippen molar-refractivity contribution in [1.82, 2.24) is 9.88 Å². The van der Waals surface area contributed by atoms with Gasteiger partial charge in [-0.25, -0.2) is 4.98 Å². The highest BCUT2D eigenvalue weighted by atomic mass is 16.5. The number of oxazole rings is 1. The molecular weight excluding hydrogens is 384 g/mol. The Kier molecular flexibility index (Phi) is 6.41. The van der Waals surface area contributed by atoms with Crippen LogP contribution in [0.1, 0.15) is 50.9 Å². The fourth-order valence-electron chi connectivity index (χ4n) is 3.13. The summed E-state index contributed by atoms with van der Waals surface area (Å²) in [6.07, 6.45) is 2.69. The van der Waals surface area contributed by atoms with Crippen LogP contribution in [0.3, 0.4) is 0 Å². The molecule has 1 amide bonds. The number of rotatable bonds is 7. The minimum Gasteiger partial charge on any atom is -0.444 e. The monoisotopic (exact) mass is 406 g/mol. The number of carbonyl (C=O) groups excluding carboxylic acids is 3. The van der Waals surface area contributed by atoms with Crippen molar-refractivity contribution in [2.45, 2.75) is 26.3 Å². The molecule has 0 saturated carbocycles. The van der Waals surface area contributed by atoms with Gasteiger partial charge in [0.15, 0.2) is 6.29 Å². The quantitative estimate of drug-likeness (QED) is 0.337. The van der Waals surface area contributed by atoms with Crippen molar-refractivity contribution < 1.29 is 23.5 Å². The Bertz CT molecular complexity index is 1060. The largest absolute Gasteiger partial charge is 0.444 e. The predicted molar refractivity (Wildman–Crippen MR) is 109 cm³/mol. The molecule has 1 aromatic heterocycles. The highest BCUT2D eigenvalue weighted by molar-refractivity contribution is 6.01. The van der Waals surface area contributed by atoms with Gasteiger partial charge in [-0.05, 0) is 30.7 Å². The van der Waals surface area contributed by atoms with E-state index in [1.165, 1.54) is 11.8 Å². The molecule has 0 fully saturated rings. The molecule has 0 radical (unpaired) electrons. The second kappa shape index (κ2) is 9.17. The van der Waals surface area contributed by atoms with E-state index < -0.39 is 12.0 Å². The maximum Gasteiger partial charge on any atom is 0.308 e. The molecule has 0 aliphatic carbocycles. The van der Waals surface area contributed by atoms with E-state index in [0.29, 0.717) is 41.2 Å². The lowest BCUT2D eigenvalue weighted by Gasteiger charge is -2.26. The molecule has 7 nitrogen and oxygen atoms in total. The summed E-state index contributed by atoms with van der Waals surface area (Å²) < 4.78 is 10.8. The SMILES string of the molecule is CC(=O)Oc1ccc(CC(c2ncc(C)o2)N(C)C(=O)c2ccccc2C=O)cc1. The second-order valence-corrected chi connectivity index (χ2v) is 6.89. The van der Waals surface area contributed by atoms with Crippen molar-refractivity contribution in [1.29, 1.82) is 0 Å². The first-order valence-corrected chi connectivity index (χ1v) is 9.40. The number of aromatic nitrogens is 1. The first kappa shape index (κ1) is 21.0. The molecule has 1 heterocycles. The number of carbonyl (C=O) groups is 3. The van der Waals surface area contributed by atoms with E-state index in [2.05, 4.69) is 4.98 Å². The van der Waals surface area contributed by atoms with Crippen LogP contribution >= 0.6 is 0 Å². The van der Waals surface area contributed by atoms with Gasteiger partial charge in [0.1, 0.15) is 17.6 Å². The van der Waals surface area contributed by atoms with Crippen LogP contribution < -0.4 is 4.74 Å². The van der Waals surface area contributed by atoms with Crippen LogP contribution in [0.5, 0.6) is 5.75 Å². The Morgan fingerprint density at radius 2 is 1.87 bits per heavy atom. The molecule has 0 saturated heterocycles. The number of hydrogen-bond acceptors (Lipinski definition) is 6. The summed E-state index contributed by atoms with van der Waals surface area (Å²) >= 11 is 0. The summed E-state index contributed by atoms with van der Waals surface area (Å²) in [4.78, 5) is 41.4. The molecule has 0 N–H and O–H groups in total. The standard InChI is InChI=1S/C23H22N2O5/c1-15-13-24-22(29-15)21(12-17-8-10-19(11-9-17)30-16(2)27)25(3)23(28)20-7-5-4-6-18(20)14-26/h4-11,13-14,21H,12H2,1-3H3. The summed E-state index contributed by atoms with van der Waals surface area (Å²) in [5.41, 5.74) is 1.53. The number of aldehydes is 1. The average molecular weight is 406 g/mol. The number of likely N-dealkylation sites (N-methyl/N-ethyl adjacent to an activating group) is 1. The van der Waals surface area contributed by atoms with Crippen molar-refractivity contribution in [2.75, 3.05) is 7.05 Å². The van der Waals surface area contributed by atoms with E-state index in [1.54, 1.807) is 56.6 Å². The van der Waals surface area contributed by atoms with E-state index in [4.69, 9.17) is 9.15 Å². The Balaban J connectivity index is 1.90. The normalized spacial score (nSPS) is 11.6. The van der Waals surface area contributed by atoms with E-state index in [1.807, 2.05) is 12.1 Å². The predicted octanol–water partition coefficient (Wildman–Crippen LogP) is 3.78. The van der Waals surface area contributed by atoms with Gasteiger partial charge in [0.05, 0.1) is 11.8 Å². The molecule has 1 unspecified atom stereocenters.